The van der Waals surface area contributed by atoms with Gasteiger partial charge >= 0.3 is 0 Å². The second kappa shape index (κ2) is 2.84. The number of rotatable bonds is 2. The molecule has 10 heavy (non-hydrogen) atoms. The summed E-state index contributed by atoms with van der Waals surface area (Å²) >= 11 is 3.53. The molecule has 3 atom stereocenters. The molecule has 0 aromatic heterocycles. The van der Waals surface area contributed by atoms with Gasteiger partial charge in [0.25, 0.3) is 0 Å². The lowest BCUT2D eigenvalue weighted by atomic mass is 9.87. The molecule has 0 radical (unpaired) electrons. The van der Waals surface area contributed by atoms with Crippen molar-refractivity contribution in [3.8, 4) is 0 Å². The molecule has 0 unspecified atom stereocenters. The van der Waals surface area contributed by atoms with Gasteiger partial charge in [-0.25, -0.2) is 0 Å². The fourth-order valence-electron chi connectivity index (χ4n) is 2.87. The SMILES string of the molecule is BrCC[C@@H]1C[C@H]2CC[C@@H]1C2. The minimum absolute atomic E-state index is 1.10. The van der Waals surface area contributed by atoms with Crippen LogP contribution < -0.4 is 0 Å². The van der Waals surface area contributed by atoms with Gasteiger partial charge in [-0.2, -0.15) is 0 Å². The molecule has 0 heterocycles. The van der Waals surface area contributed by atoms with Gasteiger partial charge in [0.2, 0.25) is 0 Å². The Morgan fingerprint density at radius 2 is 2.10 bits per heavy atom. The second-order valence-electron chi connectivity index (χ2n) is 3.91. The van der Waals surface area contributed by atoms with E-state index in [1.54, 1.807) is 25.7 Å². The highest BCUT2D eigenvalue weighted by Gasteiger charge is 2.38. The molecule has 0 aliphatic heterocycles. The zero-order chi connectivity index (χ0) is 6.97. The molecule has 0 aromatic rings. The van der Waals surface area contributed by atoms with Gasteiger partial charge < -0.3 is 0 Å². The van der Waals surface area contributed by atoms with Crippen molar-refractivity contribution in [1.82, 2.24) is 0 Å². The number of halogens is 1. The summed E-state index contributed by atoms with van der Waals surface area (Å²) in [4.78, 5) is 0. The lowest BCUT2D eigenvalue weighted by molar-refractivity contribution is 0.327. The summed E-state index contributed by atoms with van der Waals surface area (Å²) < 4.78 is 0. The summed E-state index contributed by atoms with van der Waals surface area (Å²) in [5, 5.41) is 1.22. The van der Waals surface area contributed by atoms with E-state index in [4.69, 9.17) is 0 Å². The summed E-state index contributed by atoms with van der Waals surface area (Å²) in [7, 11) is 0. The predicted molar refractivity (Wildman–Crippen MR) is 47.3 cm³/mol. The molecule has 0 spiro atoms. The third kappa shape index (κ3) is 1.13. The number of hydrogen-bond acceptors (Lipinski definition) is 0. The van der Waals surface area contributed by atoms with Crippen LogP contribution in [0.25, 0.3) is 0 Å². The Labute approximate surface area is 71.5 Å². The van der Waals surface area contributed by atoms with Gasteiger partial charge in [-0.05, 0) is 43.4 Å². The van der Waals surface area contributed by atoms with Gasteiger partial charge in [0, 0.05) is 5.33 Å². The maximum atomic E-state index is 3.53. The first-order valence-electron chi connectivity index (χ1n) is 4.46. The van der Waals surface area contributed by atoms with Crippen LogP contribution in [0.15, 0.2) is 0 Å². The molecular weight excluding hydrogens is 188 g/mol. The molecular formula is C9H15Br. The zero-order valence-electron chi connectivity index (χ0n) is 6.35. The molecule has 2 fully saturated rings. The van der Waals surface area contributed by atoms with E-state index in [1.807, 2.05) is 0 Å². The van der Waals surface area contributed by atoms with Crippen molar-refractivity contribution < 1.29 is 0 Å². The Bertz CT molecular complexity index is 122. The van der Waals surface area contributed by atoms with Crippen LogP contribution >= 0.6 is 15.9 Å². The number of alkyl halides is 1. The highest BCUT2D eigenvalue weighted by Crippen LogP contribution is 2.49. The van der Waals surface area contributed by atoms with Crippen LogP contribution in [0.1, 0.15) is 32.1 Å². The Morgan fingerprint density at radius 3 is 2.60 bits per heavy atom. The summed E-state index contributed by atoms with van der Waals surface area (Å²) in [6.07, 6.45) is 7.64. The van der Waals surface area contributed by atoms with E-state index in [1.165, 1.54) is 11.8 Å². The van der Waals surface area contributed by atoms with Crippen LogP contribution in [0.2, 0.25) is 0 Å². The van der Waals surface area contributed by atoms with E-state index in [0.29, 0.717) is 0 Å². The molecule has 2 rings (SSSR count). The monoisotopic (exact) mass is 202 g/mol. The van der Waals surface area contributed by atoms with Gasteiger partial charge in [-0.1, -0.05) is 22.4 Å². The maximum Gasteiger partial charge on any atom is 0.00340 e. The van der Waals surface area contributed by atoms with Crippen LogP contribution in [0.4, 0.5) is 0 Å². The van der Waals surface area contributed by atoms with Crippen molar-refractivity contribution in [2.75, 3.05) is 5.33 Å². The third-order valence-electron chi connectivity index (χ3n) is 3.36. The minimum Gasteiger partial charge on any atom is -0.0928 e. The molecule has 2 bridgehead atoms. The smallest absolute Gasteiger partial charge is 0.00340 e. The van der Waals surface area contributed by atoms with Crippen LogP contribution in [-0.2, 0) is 0 Å². The molecule has 2 aliphatic rings. The standard InChI is InChI=1S/C9H15Br/c10-4-3-9-6-7-1-2-8(9)5-7/h7-9H,1-6H2/t7-,8+,9+/m0/s1. The number of fused-ring (bicyclic) bond motifs is 2. The first kappa shape index (κ1) is 7.15. The maximum absolute atomic E-state index is 3.53. The second-order valence-corrected chi connectivity index (χ2v) is 4.71. The van der Waals surface area contributed by atoms with E-state index in [-0.39, 0.29) is 0 Å². The van der Waals surface area contributed by atoms with Gasteiger partial charge in [-0.15, -0.1) is 0 Å². The normalized spacial score (nSPS) is 44.7. The average Bonchev–Trinajstić information content (AvgIpc) is 2.48. The molecule has 2 aliphatic carbocycles. The van der Waals surface area contributed by atoms with Gasteiger partial charge in [-0.3, -0.25) is 0 Å². The molecule has 0 N–H and O–H groups in total. The first-order chi connectivity index (χ1) is 4.90. The Hall–Kier alpha value is 0.480. The molecule has 0 nitrogen and oxygen atoms in total. The largest absolute Gasteiger partial charge is 0.0928 e. The average molecular weight is 203 g/mol. The fourth-order valence-corrected chi connectivity index (χ4v) is 3.46. The van der Waals surface area contributed by atoms with Gasteiger partial charge in [0.1, 0.15) is 0 Å². The molecule has 0 saturated heterocycles. The van der Waals surface area contributed by atoms with Crippen molar-refractivity contribution >= 4 is 15.9 Å². The minimum atomic E-state index is 1.10. The summed E-state index contributed by atoms with van der Waals surface area (Å²) in [6, 6.07) is 0. The zero-order valence-corrected chi connectivity index (χ0v) is 7.94. The van der Waals surface area contributed by atoms with E-state index in [0.717, 1.165) is 17.8 Å². The molecule has 58 valence electrons. The van der Waals surface area contributed by atoms with E-state index in [2.05, 4.69) is 15.9 Å². The Morgan fingerprint density at radius 1 is 1.20 bits per heavy atom. The predicted octanol–water partition coefficient (Wildman–Crippen LogP) is 3.21. The lowest BCUT2D eigenvalue weighted by Crippen LogP contribution is -2.10. The van der Waals surface area contributed by atoms with Crippen molar-refractivity contribution in [3.63, 3.8) is 0 Å². The molecule has 1 heteroatoms. The fraction of sp³-hybridized carbons (Fsp3) is 1.00. The van der Waals surface area contributed by atoms with Gasteiger partial charge in [0.05, 0.1) is 0 Å². The Kier molecular flexibility index (Phi) is 2.03. The summed E-state index contributed by atoms with van der Waals surface area (Å²) in [5.74, 6) is 3.36. The molecule has 0 aromatic carbocycles. The van der Waals surface area contributed by atoms with Crippen molar-refractivity contribution in [2.24, 2.45) is 17.8 Å². The van der Waals surface area contributed by atoms with Crippen LogP contribution in [-0.4, -0.2) is 5.33 Å². The van der Waals surface area contributed by atoms with Crippen LogP contribution in [0.5, 0.6) is 0 Å². The van der Waals surface area contributed by atoms with Gasteiger partial charge in [0.15, 0.2) is 0 Å². The quantitative estimate of drug-likeness (QED) is 0.604. The molecule has 2 saturated carbocycles. The first-order valence-corrected chi connectivity index (χ1v) is 5.58. The van der Waals surface area contributed by atoms with Crippen molar-refractivity contribution in [1.29, 1.82) is 0 Å². The molecule has 0 amide bonds. The lowest BCUT2D eigenvalue weighted by Gasteiger charge is -2.19. The summed E-state index contributed by atoms with van der Waals surface area (Å²) in [6.45, 7) is 0. The highest BCUT2D eigenvalue weighted by molar-refractivity contribution is 9.09. The summed E-state index contributed by atoms with van der Waals surface area (Å²) in [5.41, 5.74) is 0. The number of hydrogen-bond donors (Lipinski definition) is 0. The topological polar surface area (TPSA) is 0 Å². The van der Waals surface area contributed by atoms with Crippen molar-refractivity contribution in [2.45, 2.75) is 32.1 Å². The van der Waals surface area contributed by atoms with E-state index < -0.39 is 0 Å². The van der Waals surface area contributed by atoms with Crippen molar-refractivity contribution in [3.05, 3.63) is 0 Å². The van der Waals surface area contributed by atoms with E-state index >= 15 is 0 Å². The Balaban J connectivity index is 1.90. The van der Waals surface area contributed by atoms with Crippen LogP contribution in [0.3, 0.4) is 0 Å². The van der Waals surface area contributed by atoms with E-state index in [9.17, 15) is 0 Å². The van der Waals surface area contributed by atoms with Crippen LogP contribution in [0, 0.1) is 17.8 Å². The third-order valence-corrected chi connectivity index (χ3v) is 3.82. The highest BCUT2D eigenvalue weighted by atomic mass is 79.9.